The first-order valence-electron chi connectivity index (χ1n) is 8.19. The first-order valence-corrected chi connectivity index (χ1v) is 10.4. The highest BCUT2D eigenvalue weighted by molar-refractivity contribution is 7.91. The van der Waals surface area contributed by atoms with Crippen LogP contribution in [0, 0.1) is 0 Å². The van der Waals surface area contributed by atoms with Crippen molar-refractivity contribution < 1.29 is 13.2 Å². The summed E-state index contributed by atoms with van der Waals surface area (Å²) in [6.07, 6.45) is 0.611. The van der Waals surface area contributed by atoms with E-state index in [2.05, 4.69) is 31.3 Å². The minimum Gasteiger partial charge on any atom is -0.383 e. The summed E-state index contributed by atoms with van der Waals surface area (Å²) in [4.78, 5) is 1.94. The number of nitrogens with zero attached hydrogens (tertiary/aromatic N) is 1. The summed E-state index contributed by atoms with van der Waals surface area (Å²) in [5, 5.41) is 3.78. The molecule has 5 nitrogen and oxygen atoms in total. The van der Waals surface area contributed by atoms with Crippen LogP contribution in [-0.2, 0) is 14.6 Å². The molecular weight excluding hydrogens is 344 g/mol. The summed E-state index contributed by atoms with van der Waals surface area (Å²) >= 11 is 5.53. The van der Waals surface area contributed by atoms with Crippen molar-refractivity contribution in [1.29, 1.82) is 0 Å². The van der Waals surface area contributed by atoms with Crippen LogP contribution in [-0.4, -0.2) is 56.2 Å². The van der Waals surface area contributed by atoms with Crippen LogP contribution in [0.15, 0.2) is 24.3 Å². The predicted molar refractivity (Wildman–Crippen MR) is 102 cm³/mol. The lowest BCUT2D eigenvalue weighted by atomic mass is 10.0. The highest BCUT2D eigenvalue weighted by Gasteiger charge is 2.33. The lowest BCUT2D eigenvalue weighted by Gasteiger charge is -2.30. The van der Waals surface area contributed by atoms with Gasteiger partial charge >= 0.3 is 0 Å². The van der Waals surface area contributed by atoms with Crippen LogP contribution < -0.4 is 5.32 Å². The average Bonchev–Trinajstić information content (AvgIpc) is 2.88. The molecule has 0 bridgehead atoms. The lowest BCUT2D eigenvalue weighted by Crippen LogP contribution is -2.45. The SMILES string of the molecule is COCCN(C(=S)Nc1ccc(C(C)C)cc1)[C@@H]1CCS(=O)(=O)C1. The summed E-state index contributed by atoms with van der Waals surface area (Å²) < 4.78 is 28.7. The fraction of sp³-hybridized carbons (Fsp3) is 0.588. The van der Waals surface area contributed by atoms with Crippen molar-refractivity contribution in [2.45, 2.75) is 32.2 Å². The Kier molecular flexibility index (Phi) is 6.60. The zero-order valence-corrected chi connectivity index (χ0v) is 16.1. The van der Waals surface area contributed by atoms with E-state index in [0.717, 1.165) is 5.69 Å². The van der Waals surface area contributed by atoms with Crippen molar-refractivity contribution in [3.8, 4) is 0 Å². The zero-order chi connectivity index (χ0) is 17.7. The minimum absolute atomic E-state index is 0.0833. The molecule has 24 heavy (non-hydrogen) atoms. The molecule has 1 N–H and O–H groups in total. The molecule has 1 heterocycles. The fourth-order valence-corrected chi connectivity index (χ4v) is 4.90. The van der Waals surface area contributed by atoms with Crippen molar-refractivity contribution in [2.24, 2.45) is 0 Å². The van der Waals surface area contributed by atoms with E-state index in [1.807, 2.05) is 17.0 Å². The molecule has 0 spiro atoms. The number of ether oxygens (including phenoxy) is 1. The molecule has 1 aromatic carbocycles. The predicted octanol–water partition coefficient (Wildman–Crippen LogP) is 2.64. The fourth-order valence-electron chi connectivity index (χ4n) is 2.81. The molecule has 1 aromatic rings. The van der Waals surface area contributed by atoms with Gasteiger partial charge in [-0.3, -0.25) is 0 Å². The highest BCUT2D eigenvalue weighted by Crippen LogP contribution is 2.21. The van der Waals surface area contributed by atoms with Crippen molar-refractivity contribution in [3.63, 3.8) is 0 Å². The Hall–Kier alpha value is -1.18. The monoisotopic (exact) mass is 370 g/mol. The quantitative estimate of drug-likeness (QED) is 0.777. The standard InChI is InChI=1S/C17H26N2O3S2/c1-13(2)14-4-6-15(7-5-14)18-17(23)19(9-10-22-3)16-8-11-24(20,21)12-16/h4-7,13,16H,8-12H2,1-3H3,(H,18,23)/t16-/m1/s1. The number of anilines is 1. The van der Waals surface area contributed by atoms with E-state index in [9.17, 15) is 8.42 Å². The smallest absolute Gasteiger partial charge is 0.173 e. The van der Waals surface area contributed by atoms with Crippen LogP contribution in [0.4, 0.5) is 5.69 Å². The number of thiocarbonyl (C=S) groups is 1. The molecule has 1 fully saturated rings. The van der Waals surface area contributed by atoms with Crippen molar-refractivity contribution >= 4 is 32.9 Å². The third-order valence-corrected chi connectivity index (χ3v) is 6.36. The molecular formula is C17H26N2O3S2. The molecule has 1 aliphatic rings. The summed E-state index contributed by atoms with van der Waals surface area (Å²) in [5.41, 5.74) is 2.18. The molecule has 1 aliphatic heterocycles. The van der Waals surface area contributed by atoms with Crippen LogP contribution in [0.3, 0.4) is 0 Å². The number of benzene rings is 1. The van der Waals surface area contributed by atoms with Gasteiger partial charge in [0.1, 0.15) is 0 Å². The minimum atomic E-state index is -2.96. The summed E-state index contributed by atoms with van der Waals surface area (Å²) in [6, 6.07) is 8.08. The van der Waals surface area contributed by atoms with E-state index < -0.39 is 9.84 Å². The van der Waals surface area contributed by atoms with Gasteiger partial charge in [-0.2, -0.15) is 0 Å². The summed E-state index contributed by atoms with van der Waals surface area (Å²) in [7, 11) is -1.33. The van der Waals surface area contributed by atoms with Crippen molar-refractivity contribution in [3.05, 3.63) is 29.8 Å². The van der Waals surface area contributed by atoms with Crippen molar-refractivity contribution in [2.75, 3.05) is 37.1 Å². The topological polar surface area (TPSA) is 58.6 Å². The number of sulfone groups is 1. The molecule has 0 unspecified atom stereocenters. The second-order valence-corrected chi connectivity index (χ2v) is 9.07. The van der Waals surface area contributed by atoms with E-state index in [4.69, 9.17) is 17.0 Å². The first-order chi connectivity index (χ1) is 11.3. The maximum absolute atomic E-state index is 11.8. The van der Waals surface area contributed by atoms with Gasteiger partial charge in [0, 0.05) is 25.4 Å². The number of methoxy groups -OCH3 is 1. The Morgan fingerprint density at radius 3 is 2.54 bits per heavy atom. The maximum Gasteiger partial charge on any atom is 0.173 e. The Balaban J connectivity index is 2.07. The normalized spacial score (nSPS) is 19.4. The molecule has 7 heteroatoms. The third-order valence-electron chi connectivity index (χ3n) is 4.27. The van der Waals surface area contributed by atoms with Gasteiger partial charge in [0.25, 0.3) is 0 Å². The van der Waals surface area contributed by atoms with Crippen LogP contribution >= 0.6 is 12.2 Å². The molecule has 134 valence electrons. The highest BCUT2D eigenvalue weighted by atomic mass is 32.2. The number of rotatable bonds is 6. The molecule has 0 aromatic heterocycles. The van der Waals surface area contributed by atoms with Gasteiger partial charge in [-0.25, -0.2) is 8.42 Å². The van der Waals surface area contributed by atoms with Gasteiger partial charge in [-0.05, 0) is 42.3 Å². The van der Waals surface area contributed by atoms with Crippen LogP contribution in [0.1, 0.15) is 31.7 Å². The van der Waals surface area contributed by atoms with Gasteiger partial charge in [-0.1, -0.05) is 26.0 Å². The molecule has 0 radical (unpaired) electrons. The second-order valence-electron chi connectivity index (χ2n) is 6.45. The molecule has 2 rings (SSSR count). The Morgan fingerprint density at radius 2 is 2.04 bits per heavy atom. The Labute approximate surface area is 150 Å². The molecule has 1 saturated heterocycles. The van der Waals surface area contributed by atoms with E-state index in [0.29, 0.717) is 30.6 Å². The molecule has 0 aliphatic carbocycles. The first kappa shape index (κ1) is 19.1. The molecule has 0 saturated carbocycles. The number of hydrogen-bond donors (Lipinski definition) is 1. The van der Waals surface area contributed by atoms with Crippen LogP contribution in [0.5, 0.6) is 0 Å². The van der Waals surface area contributed by atoms with E-state index in [1.54, 1.807) is 7.11 Å². The van der Waals surface area contributed by atoms with E-state index in [1.165, 1.54) is 5.56 Å². The van der Waals surface area contributed by atoms with Crippen molar-refractivity contribution in [1.82, 2.24) is 4.90 Å². The Bertz CT molecular complexity index is 657. The molecule has 0 amide bonds. The third kappa shape index (κ3) is 5.16. The lowest BCUT2D eigenvalue weighted by molar-refractivity contribution is 0.166. The van der Waals surface area contributed by atoms with Gasteiger partial charge < -0.3 is 15.0 Å². The van der Waals surface area contributed by atoms with Gasteiger partial charge in [0.05, 0.1) is 18.1 Å². The largest absolute Gasteiger partial charge is 0.383 e. The summed E-state index contributed by atoms with van der Waals surface area (Å²) in [5.74, 6) is 0.866. The van der Waals surface area contributed by atoms with E-state index >= 15 is 0 Å². The second kappa shape index (κ2) is 8.27. The van der Waals surface area contributed by atoms with Crippen LogP contribution in [0.2, 0.25) is 0 Å². The van der Waals surface area contributed by atoms with E-state index in [-0.39, 0.29) is 17.5 Å². The summed E-state index contributed by atoms with van der Waals surface area (Å²) in [6.45, 7) is 5.39. The average molecular weight is 371 g/mol. The Morgan fingerprint density at radius 1 is 1.38 bits per heavy atom. The van der Waals surface area contributed by atoms with Gasteiger partial charge in [-0.15, -0.1) is 0 Å². The number of hydrogen-bond acceptors (Lipinski definition) is 4. The zero-order valence-electron chi connectivity index (χ0n) is 14.5. The number of nitrogens with one attached hydrogen (secondary N) is 1. The van der Waals surface area contributed by atoms with Crippen LogP contribution in [0.25, 0.3) is 0 Å². The van der Waals surface area contributed by atoms with Gasteiger partial charge in [0.15, 0.2) is 14.9 Å². The van der Waals surface area contributed by atoms with Gasteiger partial charge in [0.2, 0.25) is 0 Å². The maximum atomic E-state index is 11.8. The molecule has 1 atom stereocenters.